The van der Waals surface area contributed by atoms with Crippen molar-refractivity contribution in [3.05, 3.63) is 156 Å². The number of aromatic amines is 1. The molecule has 0 amide bonds. The van der Waals surface area contributed by atoms with Crippen LogP contribution in [0, 0.1) is 0 Å². The summed E-state index contributed by atoms with van der Waals surface area (Å²) < 4.78 is 13.8. The number of ether oxygens (including phenoxy) is 2. The fraction of sp³-hybridized carbons (Fsp3) is 0.0435. The second kappa shape index (κ2) is 13.7. The van der Waals surface area contributed by atoms with Gasteiger partial charge in [-0.3, -0.25) is 0 Å². The van der Waals surface area contributed by atoms with Crippen molar-refractivity contribution in [1.29, 1.82) is 0 Å². The quantitative estimate of drug-likeness (QED) is 0.171. The summed E-state index contributed by atoms with van der Waals surface area (Å²) >= 11 is -0.835. The first-order valence-electron chi connectivity index (χ1n) is 17.1. The molecule has 2 aliphatic heterocycles. The number of methoxy groups -OCH3 is 2. The summed E-state index contributed by atoms with van der Waals surface area (Å²) in [5.41, 5.74) is 14.5. The number of benzene rings is 4. The van der Waals surface area contributed by atoms with E-state index in [4.69, 9.17) is 19.4 Å². The Kier molecular flexibility index (Phi) is 8.40. The molecular formula is C46H33N3O2Te. The molecule has 0 saturated heterocycles. The Bertz CT molecular complexity index is 2490. The van der Waals surface area contributed by atoms with E-state index < -0.39 is 20.4 Å². The number of nitrogens with zero attached hydrogens (tertiary/aromatic N) is 2. The maximum absolute atomic E-state index is 5.53. The first-order valence-corrected chi connectivity index (χ1v) is 19.5. The van der Waals surface area contributed by atoms with E-state index in [9.17, 15) is 0 Å². The third-order valence-electron chi connectivity index (χ3n) is 9.51. The number of hydrogen-bond donors (Lipinski definition) is 1. The Morgan fingerprint density at radius 2 is 0.769 bits per heavy atom. The van der Waals surface area contributed by atoms with Gasteiger partial charge in [0.1, 0.15) is 0 Å². The fourth-order valence-electron chi connectivity index (χ4n) is 7.02. The molecule has 2 aliphatic rings. The molecule has 1 N–H and O–H groups in total. The molecule has 7 aromatic rings. The Balaban J connectivity index is 1.45. The first-order chi connectivity index (χ1) is 25.7. The standard InChI is InChI=1S/C46H33N3O2Te/c1-50-33-17-13-31(14-18-33)43-35-21-22-36(47-35)44(32-15-19-34(51-2)20-16-32)38-24-26-40(49-38)46(30-11-7-4-8-12-30)42-28-27-41(52-42)45(29-9-5-3-6-10-29)39-25-23-37(43)48-39/h3-28,47H,1-2H3. The number of nitrogens with one attached hydrogen (secondary N) is 1. The van der Waals surface area contributed by atoms with Crippen molar-refractivity contribution in [2.24, 2.45) is 0 Å². The molecule has 5 nitrogen and oxygen atoms in total. The molecule has 0 fully saturated rings. The van der Waals surface area contributed by atoms with Crippen LogP contribution in [0.2, 0.25) is 0 Å². The molecular weight excluding hydrogens is 754 g/mol. The van der Waals surface area contributed by atoms with Gasteiger partial charge >= 0.3 is 313 Å². The van der Waals surface area contributed by atoms with Crippen molar-refractivity contribution in [2.75, 3.05) is 14.2 Å². The van der Waals surface area contributed by atoms with Gasteiger partial charge in [-0.05, 0) is 0 Å². The molecule has 0 spiro atoms. The summed E-state index contributed by atoms with van der Waals surface area (Å²) in [5.74, 6) is 1.61. The van der Waals surface area contributed by atoms with Crippen molar-refractivity contribution in [3.8, 4) is 56.0 Å². The van der Waals surface area contributed by atoms with Crippen LogP contribution in [-0.4, -0.2) is 49.6 Å². The number of aromatic nitrogens is 3. The molecule has 0 radical (unpaired) electrons. The molecule has 0 saturated carbocycles. The van der Waals surface area contributed by atoms with Gasteiger partial charge in [0.2, 0.25) is 0 Å². The van der Waals surface area contributed by atoms with Crippen LogP contribution in [0.5, 0.6) is 11.5 Å². The third-order valence-corrected chi connectivity index (χ3v) is 12.7. The monoisotopic (exact) mass is 789 g/mol. The van der Waals surface area contributed by atoms with Gasteiger partial charge in [-0.2, -0.15) is 0 Å². The second-order valence-electron chi connectivity index (χ2n) is 12.6. The van der Waals surface area contributed by atoms with E-state index in [0.29, 0.717) is 0 Å². The minimum absolute atomic E-state index is 0.807. The summed E-state index contributed by atoms with van der Waals surface area (Å²) in [6.45, 7) is 0. The zero-order chi connectivity index (χ0) is 35.0. The van der Waals surface area contributed by atoms with Crippen LogP contribution in [0.15, 0.2) is 133 Å². The van der Waals surface area contributed by atoms with Crippen molar-refractivity contribution in [2.45, 2.75) is 0 Å². The summed E-state index contributed by atoms with van der Waals surface area (Å²) in [5, 5.41) is 0. The molecule has 4 aromatic carbocycles. The number of rotatable bonds is 6. The van der Waals surface area contributed by atoms with Gasteiger partial charge in [0.15, 0.2) is 0 Å². The molecule has 8 bridgehead atoms. The van der Waals surface area contributed by atoms with Crippen LogP contribution < -0.4 is 9.47 Å². The van der Waals surface area contributed by atoms with Gasteiger partial charge in [0.25, 0.3) is 0 Å². The average Bonchev–Trinajstić information content (AvgIpc) is 4.04. The van der Waals surface area contributed by atoms with Crippen LogP contribution in [0.1, 0.15) is 22.8 Å². The Labute approximate surface area is 311 Å². The number of fused-ring (bicyclic) bond motifs is 8. The van der Waals surface area contributed by atoms with Gasteiger partial charge in [-0.15, -0.1) is 0 Å². The fourth-order valence-corrected chi connectivity index (χ4v) is 10.3. The molecule has 6 heteroatoms. The van der Waals surface area contributed by atoms with Crippen molar-refractivity contribution in [3.63, 3.8) is 0 Å². The predicted molar refractivity (Wildman–Crippen MR) is 216 cm³/mol. The van der Waals surface area contributed by atoms with E-state index >= 15 is 0 Å². The topological polar surface area (TPSA) is 60.0 Å². The van der Waals surface area contributed by atoms with Gasteiger partial charge in [0.05, 0.1) is 0 Å². The van der Waals surface area contributed by atoms with E-state index in [1.165, 1.54) is 29.1 Å². The van der Waals surface area contributed by atoms with E-state index in [1.54, 1.807) is 14.2 Å². The van der Waals surface area contributed by atoms with Gasteiger partial charge < -0.3 is 0 Å². The predicted octanol–water partition coefficient (Wildman–Crippen LogP) is 11.1. The van der Waals surface area contributed by atoms with Crippen LogP contribution >= 0.6 is 0 Å². The van der Waals surface area contributed by atoms with Crippen molar-refractivity contribution in [1.82, 2.24) is 15.0 Å². The van der Waals surface area contributed by atoms with Crippen LogP contribution in [0.25, 0.3) is 86.6 Å². The van der Waals surface area contributed by atoms with Gasteiger partial charge in [0, 0.05) is 0 Å². The minimum atomic E-state index is -0.835. The zero-order valence-electron chi connectivity index (χ0n) is 28.6. The molecule has 0 atom stereocenters. The van der Waals surface area contributed by atoms with Crippen LogP contribution in [0.3, 0.4) is 0 Å². The van der Waals surface area contributed by atoms with Crippen molar-refractivity contribution >= 4 is 62.6 Å². The van der Waals surface area contributed by atoms with Crippen LogP contribution in [-0.2, 0) is 0 Å². The van der Waals surface area contributed by atoms with Crippen LogP contribution in [0.4, 0.5) is 0 Å². The summed E-state index contributed by atoms with van der Waals surface area (Å²) in [6.07, 6.45) is 8.66. The van der Waals surface area contributed by atoms with E-state index in [2.05, 4.69) is 138 Å². The number of hydrogen-bond acceptors (Lipinski definition) is 4. The molecule has 9 rings (SSSR count). The normalized spacial score (nSPS) is 11.9. The van der Waals surface area contributed by atoms with Gasteiger partial charge in [-0.25, -0.2) is 0 Å². The molecule has 5 heterocycles. The average molecular weight is 787 g/mol. The van der Waals surface area contributed by atoms with Crippen molar-refractivity contribution < 1.29 is 9.47 Å². The molecule has 250 valence electrons. The van der Waals surface area contributed by atoms with Gasteiger partial charge in [-0.1, -0.05) is 0 Å². The number of H-pyrrole nitrogens is 1. The zero-order valence-corrected chi connectivity index (χ0v) is 31.0. The van der Waals surface area contributed by atoms with E-state index in [-0.39, 0.29) is 0 Å². The maximum atomic E-state index is 5.53. The van der Waals surface area contributed by atoms with E-state index in [0.717, 1.165) is 67.6 Å². The Hall–Kier alpha value is -5.93. The second-order valence-corrected chi connectivity index (χ2v) is 15.7. The molecule has 3 aromatic heterocycles. The van der Waals surface area contributed by atoms with E-state index in [1.807, 2.05) is 24.3 Å². The Morgan fingerprint density at radius 3 is 1.15 bits per heavy atom. The molecule has 0 unspecified atom stereocenters. The molecule has 0 aliphatic carbocycles. The summed E-state index contributed by atoms with van der Waals surface area (Å²) in [4.78, 5) is 14.7. The summed E-state index contributed by atoms with van der Waals surface area (Å²) in [7, 11) is 3.39. The third kappa shape index (κ3) is 5.86. The summed E-state index contributed by atoms with van der Waals surface area (Å²) in [6, 6.07) is 46.7. The Morgan fingerprint density at radius 1 is 0.404 bits per heavy atom. The first kappa shape index (κ1) is 32.0. The molecule has 52 heavy (non-hydrogen) atoms. The SMILES string of the molecule is COc1ccc(-c2c3nc(c(-c4ccccc4)c4ccc([te]4)c(-c4ccccc4)c4nc(c(-c5ccc(OC)cc5)c5ccc2[nH]5)C=C4)C=C3)cc1.